The first kappa shape index (κ1) is 16.5. The van der Waals surface area contributed by atoms with Gasteiger partial charge < -0.3 is 10.1 Å². The molecular weight excluding hydrogens is 288 g/mol. The fourth-order valence-corrected chi connectivity index (χ4v) is 3.68. The molecule has 3 rings (SSSR count). The Bertz CT molecular complexity index is 532. The maximum Gasteiger partial charge on any atom is 0.230 e. The maximum absolute atomic E-state index is 12.9. The number of benzene rings is 1. The van der Waals surface area contributed by atoms with Crippen LogP contribution in [-0.2, 0) is 14.9 Å². The lowest BCUT2D eigenvalue weighted by Gasteiger charge is -2.44. The molecule has 1 aliphatic heterocycles. The summed E-state index contributed by atoms with van der Waals surface area (Å²) >= 11 is 0. The summed E-state index contributed by atoms with van der Waals surface area (Å²) in [5.41, 5.74) is 0.816. The highest BCUT2D eigenvalue weighted by Crippen LogP contribution is 2.43. The van der Waals surface area contributed by atoms with E-state index >= 15 is 0 Å². The number of nitrogens with one attached hydrogen (secondary N) is 1. The van der Waals surface area contributed by atoms with Crippen LogP contribution >= 0.6 is 0 Å². The minimum absolute atomic E-state index is 0.0406. The van der Waals surface area contributed by atoms with Crippen molar-refractivity contribution in [2.45, 2.75) is 44.1 Å². The highest BCUT2D eigenvalue weighted by atomic mass is 16.5. The third-order valence-corrected chi connectivity index (χ3v) is 5.52. The molecule has 23 heavy (non-hydrogen) atoms. The number of carbonyl (C=O) groups excluding carboxylic acids is 1. The third-order valence-electron chi connectivity index (χ3n) is 5.52. The van der Waals surface area contributed by atoms with Gasteiger partial charge in [-0.2, -0.15) is 0 Å². The number of carbonyl (C=O) groups is 1. The molecule has 126 valence electrons. The van der Waals surface area contributed by atoms with Crippen LogP contribution in [0.1, 0.15) is 38.7 Å². The predicted octanol–water partition coefficient (Wildman–Crippen LogP) is 2.34. The molecular formula is C19H28N2O2. The summed E-state index contributed by atoms with van der Waals surface area (Å²) < 4.78 is 5.43. The zero-order valence-corrected chi connectivity index (χ0v) is 14.3. The van der Waals surface area contributed by atoms with Gasteiger partial charge in [0.25, 0.3) is 0 Å². The van der Waals surface area contributed by atoms with E-state index in [-0.39, 0.29) is 16.9 Å². The van der Waals surface area contributed by atoms with E-state index in [1.54, 1.807) is 0 Å². The quantitative estimate of drug-likeness (QED) is 0.906. The van der Waals surface area contributed by atoms with Gasteiger partial charge in [-0.05, 0) is 32.3 Å². The second-order valence-electron chi connectivity index (χ2n) is 7.40. The largest absolute Gasteiger partial charge is 0.379 e. The number of ether oxygens (including phenoxy) is 1. The SMILES string of the molecule is CC(C)(CNC(=O)C1(c2ccccc2)CCC1)N1CCOCC1. The molecule has 1 amide bonds. The first-order valence-electron chi connectivity index (χ1n) is 8.71. The van der Waals surface area contributed by atoms with Gasteiger partial charge in [0.15, 0.2) is 0 Å². The van der Waals surface area contributed by atoms with Crippen LogP contribution in [0, 0.1) is 0 Å². The lowest BCUT2D eigenvalue weighted by Crippen LogP contribution is -2.58. The van der Waals surface area contributed by atoms with Crippen molar-refractivity contribution in [1.82, 2.24) is 10.2 Å². The number of amides is 1. The van der Waals surface area contributed by atoms with Crippen molar-refractivity contribution in [3.05, 3.63) is 35.9 Å². The smallest absolute Gasteiger partial charge is 0.230 e. The molecule has 4 heteroatoms. The van der Waals surface area contributed by atoms with E-state index in [0.29, 0.717) is 6.54 Å². The lowest BCUT2D eigenvalue weighted by atomic mass is 9.64. The molecule has 0 unspecified atom stereocenters. The first-order chi connectivity index (χ1) is 11.0. The summed E-state index contributed by atoms with van der Waals surface area (Å²) in [7, 11) is 0. The second-order valence-corrected chi connectivity index (χ2v) is 7.40. The van der Waals surface area contributed by atoms with Gasteiger partial charge in [0, 0.05) is 25.2 Å². The predicted molar refractivity (Wildman–Crippen MR) is 91.5 cm³/mol. The van der Waals surface area contributed by atoms with Gasteiger partial charge in [0.2, 0.25) is 5.91 Å². The average molecular weight is 316 g/mol. The topological polar surface area (TPSA) is 41.6 Å². The third kappa shape index (κ3) is 3.29. The van der Waals surface area contributed by atoms with Crippen LogP contribution < -0.4 is 5.32 Å². The van der Waals surface area contributed by atoms with Crippen LogP contribution in [-0.4, -0.2) is 49.2 Å². The van der Waals surface area contributed by atoms with Crippen molar-refractivity contribution < 1.29 is 9.53 Å². The molecule has 2 aliphatic rings. The van der Waals surface area contributed by atoms with Crippen molar-refractivity contribution in [2.24, 2.45) is 0 Å². The normalized spacial score (nSPS) is 21.5. The number of hydrogen-bond acceptors (Lipinski definition) is 3. The summed E-state index contributed by atoms with van der Waals surface area (Å²) in [6.45, 7) is 8.53. The van der Waals surface area contributed by atoms with E-state index < -0.39 is 0 Å². The van der Waals surface area contributed by atoms with Crippen molar-refractivity contribution >= 4 is 5.91 Å². The summed E-state index contributed by atoms with van der Waals surface area (Å²) in [6, 6.07) is 10.2. The Labute approximate surface area is 139 Å². The van der Waals surface area contributed by atoms with E-state index in [0.717, 1.165) is 51.1 Å². The molecule has 1 heterocycles. The highest BCUT2D eigenvalue weighted by molar-refractivity contribution is 5.89. The number of morpholine rings is 1. The molecule has 0 bridgehead atoms. The van der Waals surface area contributed by atoms with Gasteiger partial charge in [0.05, 0.1) is 18.6 Å². The molecule has 1 N–H and O–H groups in total. The van der Waals surface area contributed by atoms with E-state index in [9.17, 15) is 4.79 Å². The first-order valence-corrected chi connectivity index (χ1v) is 8.71. The molecule has 1 aliphatic carbocycles. The Morgan fingerprint density at radius 2 is 1.87 bits per heavy atom. The Balaban J connectivity index is 1.64. The molecule has 0 aromatic heterocycles. The van der Waals surface area contributed by atoms with Crippen LogP contribution in [0.25, 0.3) is 0 Å². The zero-order chi connectivity index (χ0) is 16.3. The molecule has 1 aromatic carbocycles. The van der Waals surface area contributed by atoms with Gasteiger partial charge in [-0.1, -0.05) is 36.8 Å². The highest BCUT2D eigenvalue weighted by Gasteiger charge is 2.45. The molecule has 2 fully saturated rings. The summed E-state index contributed by atoms with van der Waals surface area (Å²) in [6.07, 6.45) is 3.05. The Morgan fingerprint density at radius 3 is 2.43 bits per heavy atom. The van der Waals surface area contributed by atoms with Crippen LogP contribution in [0.15, 0.2) is 30.3 Å². The average Bonchev–Trinajstić information content (AvgIpc) is 2.54. The van der Waals surface area contributed by atoms with Gasteiger partial charge in [0.1, 0.15) is 0 Å². The fourth-order valence-electron chi connectivity index (χ4n) is 3.68. The lowest BCUT2D eigenvalue weighted by molar-refractivity contribution is -0.130. The van der Waals surface area contributed by atoms with E-state index in [2.05, 4.69) is 36.2 Å². The van der Waals surface area contributed by atoms with Crippen molar-refractivity contribution in [1.29, 1.82) is 0 Å². The van der Waals surface area contributed by atoms with Crippen molar-refractivity contribution in [2.75, 3.05) is 32.8 Å². The molecule has 0 spiro atoms. The van der Waals surface area contributed by atoms with Gasteiger partial charge in [-0.15, -0.1) is 0 Å². The maximum atomic E-state index is 12.9. The second kappa shape index (κ2) is 6.62. The summed E-state index contributed by atoms with van der Waals surface area (Å²) in [5, 5.41) is 3.24. The van der Waals surface area contributed by atoms with Crippen molar-refractivity contribution in [3.63, 3.8) is 0 Å². The monoisotopic (exact) mass is 316 g/mol. The van der Waals surface area contributed by atoms with Gasteiger partial charge in [-0.25, -0.2) is 0 Å². The molecule has 4 nitrogen and oxygen atoms in total. The van der Waals surface area contributed by atoms with Crippen LogP contribution in [0.4, 0.5) is 0 Å². The Hall–Kier alpha value is -1.39. The fraction of sp³-hybridized carbons (Fsp3) is 0.632. The zero-order valence-electron chi connectivity index (χ0n) is 14.3. The van der Waals surface area contributed by atoms with E-state index in [1.165, 1.54) is 0 Å². The number of nitrogens with zero attached hydrogens (tertiary/aromatic N) is 1. The number of rotatable bonds is 5. The van der Waals surface area contributed by atoms with Gasteiger partial charge in [-0.3, -0.25) is 9.69 Å². The van der Waals surface area contributed by atoms with E-state index in [4.69, 9.17) is 4.74 Å². The standard InChI is InChI=1S/C19H28N2O2/c1-18(2,21-11-13-23-14-12-21)15-20-17(22)19(9-6-10-19)16-7-4-3-5-8-16/h3-5,7-8H,6,9-15H2,1-2H3,(H,20,22). The van der Waals surface area contributed by atoms with E-state index in [1.807, 2.05) is 18.2 Å². The minimum Gasteiger partial charge on any atom is -0.379 e. The van der Waals surface area contributed by atoms with Crippen LogP contribution in [0.5, 0.6) is 0 Å². The summed E-state index contributed by atoms with van der Waals surface area (Å²) in [4.78, 5) is 15.3. The Morgan fingerprint density at radius 1 is 1.22 bits per heavy atom. The Kier molecular flexibility index (Phi) is 4.74. The molecule has 1 saturated carbocycles. The van der Waals surface area contributed by atoms with Gasteiger partial charge >= 0.3 is 0 Å². The minimum atomic E-state index is -0.303. The van der Waals surface area contributed by atoms with Crippen molar-refractivity contribution in [3.8, 4) is 0 Å². The summed E-state index contributed by atoms with van der Waals surface area (Å²) in [5.74, 6) is 0.191. The number of hydrogen-bond donors (Lipinski definition) is 1. The van der Waals surface area contributed by atoms with Crippen LogP contribution in [0.2, 0.25) is 0 Å². The molecule has 0 radical (unpaired) electrons. The molecule has 0 atom stereocenters. The molecule has 1 saturated heterocycles. The molecule has 1 aromatic rings. The van der Waals surface area contributed by atoms with Crippen LogP contribution in [0.3, 0.4) is 0 Å².